The van der Waals surface area contributed by atoms with Gasteiger partial charge in [-0.25, -0.2) is 0 Å². The second-order valence-corrected chi connectivity index (χ2v) is 5.45. The summed E-state index contributed by atoms with van der Waals surface area (Å²) in [5.74, 6) is 1.74. The molecule has 1 atom stereocenters. The lowest BCUT2D eigenvalue weighted by molar-refractivity contribution is 0.320. The minimum absolute atomic E-state index is 0.798. The summed E-state index contributed by atoms with van der Waals surface area (Å²) in [6.45, 7) is 0. The summed E-state index contributed by atoms with van der Waals surface area (Å²) in [7, 11) is 0. The molecule has 82 valence electrons. The van der Waals surface area contributed by atoms with Crippen molar-refractivity contribution in [3.63, 3.8) is 0 Å². The third-order valence-corrected chi connectivity index (χ3v) is 4.56. The first-order valence-corrected chi connectivity index (χ1v) is 7.55. The predicted octanol–water partition coefficient (Wildman–Crippen LogP) is 4.79. The second-order valence-electron chi connectivity index (χ2n) is 4.57. The number of alkyl halides is 1. The molecule has 1 aromatic carbocycles. The van der Waals surface area contributed by atoms with Gasteiger partial charge in [0.1, 0.15) is 0 Å². The molecule has 0 bridgehead atoms. The molecule has 15 heavy (non-hydrogen) atoms. The topological polar surface area (TPSA) is 0 Å². The minimum atomic E-state index is 0.798. The summed E-state index contributed by atoms with van der Waals surface area (Å²) in [5, 5.41) is 0. The molecule has 0 aliphatic heterocycles. The van der Waals surface area contributed by atoms with Gasteiger partial charge in [0.2, 0.25) is 0 Å². The summed E-state index contributed by atoms with van der Waals surface area (Å²) >= 11 is 2.56. The Morgan fingerprint density at radius 1 is 1.07 bits per heavy atom. The Balaban J connectivity index is 2.09. The Morgan fingerprint density at radius 2 is 1.73 bits per heavy atom. The zero-order chi connectivity index (χ0) is 10.5. The van der Waals surface area contributed by atoms with Crippen LogP contribution in [0.25, 0.3) is 0 Å². The SMILES string of the molecule is IC[C@@H](c1ccccc1)C1CCCCC1. The van der Waals surface area contributed by atoms with Gasteiger partial charge in [-0.15, -0.1) is 0 Å². The standard InChI is InChI=1S/C14H19I/c15-11-14(12-7-3-1-4-8-12)13-9-5-2-6-10-13/h1,3-4,7-8,13-14H,2,5-6,9-11H2/t14-/m0/s1. The molecule has 0 N–H and O–H groups in total. The smallest absolute Gasteiger partial charge is 0.00669 e. The summed E-state index contributed by atoms with van der Waals surface area (Å²) in [4.78, 5) is 0. The van der Waals surface area contributed by atoms with Crippen LogP contribution in [0, 0.1) is 5.92 Å². The molecule has 0 nitrogen and oxygen atoms in total. The van der Waals surface area contributed by atoms with Crippen molar-refractivity contribution >= 4 is 22.6 Å². The zero-order valence-electron chi connectivity index (χ0n) is 9.16. The fourth-order valence-corrected chi connectivity index (χ4v) is 3.95. The normalized spacial score (nSPS) is 20.1. The summed E-state index contributed by atoms with van der Waals surface area (Å²) in [6, 6.07) is 11.1. The van der Waals surface area contributed by atoms with E-state index in [0.717, 1.165) is 11.8 Å². The lowest BCUT2D eigenvalue weighted by atomic mass is 9.78. The Bertz CT molecular complexity index is 275. The van der Waals surface area contributed by atoms with Crippen LogP contribution in [-0.4, -0.2) is 4.43 Å². The van der Waals surface area contributed by atoms with Crippen molar-refractivity contribution in [2.75, 3.05) is 4.43 Å². The highest BCUT2D eigenvalue weighted by Crippen LogP contribution is 2.36. The van der Waals surface area contributed by atoms with Crippen molar-refractivity contribution in [1.29, 1.82) is 0 Å². The van der Waals surface area contributed by atoms with Crippen LogP contribution < -0.4 is 0 Å². The number of hydrogen-bond donors (Lipinski definition) is 0. The molecule has 0 amide bonds. The van der Waals surface area contributed by atoms with Gasteiger partial charge in [-0.1, -0.05) is 72.2 Å². The molecular weight excluding hydrogens is 295 g/mol. The third kappa shape index (κ3) is 2.96. The molecule has 0 aromatic heterocycles. The first-order valence-electron chi connectivity index (χ1n) is 6.02. The maximum atomic E-state index is 2.56. The van der Waals surface area contributed by atoms with E-state index < -0.39 is 0 Å². The van der Waals surface area contributed by atoms with Crippen molar-refractivity contribution < 1.29 is 0 Å². The van der Waals surface area contributed by atoms with Gasteiger partial charge < -0.3 is 0 Å². The van der Waals surface area contributed by atoms with E-state index in [0.29, 0.717) is 0 Å². The molecule has 1 aliphatic carbocycles. The lowest BCUT2D eigenvalue weighted by Crippen LogP contribution is -2.17. The zero-order valence-corrected chi connectivity index (χ0v) is 11.3. The number of hydrogen-bond acceptors (Lipinski definition) is 0. The largest absolute Gasteiger partial charge is 0.0857 e. The number of rotatable bonds is 3. The molecule has 0 saturated heterocycles. The molecular formula is C14H19I. The van der Waals surface area contributed by atoms with E-state index in [4.69, 9.17) is 0 Å². The fraction of sp³-hybridized carbons (Fsp3) is 0.571. The van der Waals surface area contributed by atoms with Crippen molar-refractivity contribution in [3.05, 3.63) is 35.9 Å². The summed E-state index contributed by atoms with van der Waals surface area (Å²) < 4.78 is 1.27. The molecule has 1 heteroatoms. The average molecular weight is 314 g/mol. The van der Waals surface area contributed by atoms with E-state index >= 15 is 0 Å². The van der Waals surface area contributed by atoms with Gasteiger partial charge in [-0.05, 0) is 30.2 Å². The molecule has 1 saturated carbocycles. The Labute approximate surface area is 107 Å². The van der Waals surface area contributed by atoms with Crippen molar-refractivity contribution in [2.24, 2.45) is 5.92 Å². The van der Waals surface area contributed by atoms with E-state index in [2.05, 4.69) is 52.9 Å². The molecule has 1 fully saturated rings. The van der Waals surface area contributed by atoms with Gasteiger partial charge >= 0.3 is 0 Å². The first kappa shape index (κ1) is 11.4. The Hall–Kier alpha value is -0.0500. The molecule has 0 unspecified atom stereocenters. The fourth-order valence-electron chi connectivity index (χ4n) is 2.72. The molecule has 2 rings (SSSR count). The van der Waals surface area contributed by atoms with Crippen molar-refractivity contribution in [3.8, 4) is 0 Å². The molecule has 0 radical (unpaired) electrons. The van der Waals surface area contributed by atoms with E-state index in [1.807, 2.05) is 0 Å². The van der Waals surface area contributed by atoms with Crippen molar-refractivity contribution in [2.45, 2.75) is 38.0 Å². The quantitative estimate of drug-likeness (QED) is 0.556. The number of benzene rings is 1. The Morgan fingerprint density at radius 3 is 2.33 bits per heavy atom. The van der Waals surface area contributed by atoms with E-state index in [9.17, 15) is 0 Å². The van der Waals surface area contributed by atoms with Crippen LogP contribution in [0.5, 0.6) is 0 Å². The maximum Gasteiger partial charge on any atom is 0.00669 e. The van der Waals surface area contributed by atoms with Crippen LogP contribution in [0.4, 0.5) is 0 Å². The van der Waals surface area contributed by atoms with Gasteiger partial charge in [-0.2, -0.15) is 0 Å². The predicted molar refractivity (Wildman–Crippen MR) is 74.6 cm³/mol. The maximum absolute atomic E-state index is 2.56. The van der Waals surface area contributed by atoms with Crippen LogP contribution >= 0.6 is 22.6 Å². The van der Waals surface area contributed by atoms with Crippen LogP contribution in [0.2, 0.25) is 0 Å². The van der Waals surface area contributed by atoms with Gasteiger partial charge in [0.05, 0.1) is 0 Å². The highest BCUT2D eigenvalue weighted by Gasteiger charge is 2.23. The van der Waals surface area contributed by atoms with Crippen LogP contribution in [0.3, 0.4) is 0 Å². The second kappa shape index (κ2) is 5.88. The molecule has 0 spiro atoms. The van der Waals surface area contributed by atoms with E-state index in [1.165, 1.54) is 36.5 Å². The first-order chi connectivity index (χ1) is 7.42. The molecule has 1 aliphatic rings. The lowest BCUT2D eigenvalue weighted by Gasteiger charge is -2.29. The van der Waals surface area contributed by atoms with Crippen LogP contribution in [0.1, 0.15) is 43.6 Å². The van der Waals surface area contributed by atoms with Crippen LogP contribution in [0.15, 0.2) is 30.3 Å². The van der Waals surface area contributed by atoms with Crippen molar-refractivity contribution in [1.82, 2.24) is 0 Å². The van der Waals surface area contributed by atoms with Gasteiger partial charge in [0.25, 0.3) is 0 Å². The van der Waals surface area contributed by atoms with E-state index in [-0.39, 0.29) is 0 Å². The highest BCUT2D eigenvalue weighted by atomic mass is 127. The summed E-state index contributed by atoms with van der Waals surface area (Å²) in [6.07, 6.45) is 7.25. The minimum Gasteiger partial charge on any atom is -0.0857 e. The van der Waals surface area contributed by atoms with Gasteiger partial charge in [0, 0.05) is 4.43 Å². The third-order valence-electron chi connectivity index (χ3n) is 3.61. The average Bonchev–Trinajstić information content (AvgIpc) is 2.33. The highest BCUT2D eigenvalue weighted by molar-refractivity contribution is 14.1. The van der Waals surface area contributed by atoms with Gasteiger partial charge in [-0.3, -0.25) is 0 Å². The summed E-state index contributed by atoms with van der Waals surface area (Å²) in [5.41, 5.74) is 1.55. The number of halogens is 1. The monoisotopic (exact) mass is 314 g/mol. The molecule has 0 heterocycles. The van der Waals surface area contributed by atoms with E-state index in [1.54, 1.807) is 5.56 Å². The van der Waals surface area contributed by atoms with Gasteiger partial charge in [0.15, 0.2) is 0 Å². The van der Waals surface area contributed by atoms with Crippen LogP contribution in [-0.2, 0) is 0 Å². The molecule has 1 aromatic rings. The Kier molecular flexibility index (Phi) is 4.48.